The van der Waals surface area contributed by atoms with Crippen LogP contribution in [-0.4, -0.2) is 24.6 Å². The molecule has 3 aromatic rings. The molecule has 3 rings (SSSR count). The van der Waals surface area contributed by atoms with E-state index in [1.165, 1.54) is 43.4 Å². The van der Waals surface area contributed by atoms with Crippen molar-refractivity contribution in [2.45, 2.75) is 19.1 Å². The predicted octanol–water partition coefficient (Wildman–Crippen LogP) is 4.74. The van der Waals surface area contributed by atoms with E-state index in [9.17, 15) is 13.2 Å². The van der Waals surface area contributed by atoms with Gasteiger partial charge in [-0.1, -0.05) is 23.7 Å². The number of nitriles is 1. The van der Waals surface area contributed by atoms with Crippen molar-refractivity contribution in [2.75, 3.05) is 10.0 Å². The Balaban J connectivity index is 1.87. The Hall–Kier alpha value is -2.93. The van der Waals surface area contributed by atoms with Crippen LogP contribution in [0, 0.1) is 11.3 Å². The number of amides is 1. The average Bonchev–Trinajstić information content (AvgIpc) is 3.16. The topological polar surface area (TPSA) is 112 Å². The molecule has 0 radical (unpaired) electrons. The van der Waals surface area contributed by atoms with E-state index in [1.807, 2.05) is 18.2 Å². The van der Waals surface area contributed by atoms with Crippen LogP contribution in [0.15, 0.2) is 47.8 Å². The molecule has 1 aromatic heterocycles. The molecular weight excluding hydrogens is 444 g/mol. The Morgan fingerprint density at radius 2 is 1.90 bits per heavy atom. The Morgan fingerprint density at radius 1 is 1.20 bits per heavy atom. The van der Waals surface area contributed by atoms with Gasteiger partial charge in [0.25, 0.3) is 5.91 Å². The molecule has 10 heteroatoms. The molecule has 1 amide bonds. The summed E-state index contributed by atoms with van der Waals surface area (Å²) in [6.45, 7) is 3.04. The summed E-state index contributed by atoms with van der Waals surface area (Å²) in [7, 11) is -3.70. The fourth-order valence-corrected chi connectivity index (χ4v) is 3.97. The van der Waals surface area contributed by atoms with Gasteiger partial charge in [0.1, 0.15) is 0 Å². The Kier molecular flexibility index (Phi) is 6.41. The highest BCUT2D eigenvalue weighted by atomic mass is 35.5. The lowest BCUT2D eigenvalue weighted by molar-refractivity contribution is 0.102. The fourth-order valence-electron chi connectivity index (χ4n) is 2.42. The first-order chi connectivity index (χ1) is 14.2. The number of nitrogens with one attached hydrogen (secondary N) is 2. The van der Waals surface area contributed by atoms with E-state index < -0.39 is 21.2 Å². The molecule has 0 aliphatic rings. The van der Waals surface area contributed by atoms with Crippen molar-refractivity contribution in [3.63, 3.8) is 0 Å². The number of halogens is 1. The standard InChI is InChI=1S/C20H17ClN4O3S2/c1-12(2)30(27,28)25-17-9-13(10-22)3-8-16(17)19(26)24-20-23-18(11-29-20)14-4-6-15(21)7-5-14/h3-9,11-12,25H,1-2H3,(H,23,24,26). The maximum atomic E-state index is 12.8. The van der Waals surface area contributed by atoms with Gasteiger partial charge in [-0.15, -0.1) is 11.3 Å². The lowest BCUT2D eigenvalue weighted by Crippen LogP contribution is -2.24. The van der Waals surface area contributed by atoms with Crippen molar-refractivity contribution in [1.82, 2.24) is 4.98 Å². The molecule has 0 saturated carbocycles. The van der Waals surface area contributed by atoms with Crippen molar-refractivity contribution in [3.05, 3.63) is 64.0 Å². The van der Waals surface area contributed by atoms with E-state index in [0.29, 0.717) is 15.8 Å². The average molecular weight is 461 g/mol. The summed E-state index contributed by atoms with van der Waals surface area (Å²) >= 11 is 7.14. The number of carbonyl (C=O) groups excluding carboxylic acids is 1. The Bertz CT molecular complexity index is 1230. The van der Waals surface area contributed by atoms with Crippen LogP contribution in [0.3, 0.4) is 0 Å². The quantitative estimate of drug-likeness (QED) is 0.551. The minimum atomic E-state index is -3.70. The molecule has 0 fully saturated rings. The van der Waals surface area contributed by atoms with E-state index >= 15 is 0 Å². The minimum Gasteiger partial charge on any atom is -0.298 e. The predicted molar refractivity (Wildman–Crippen MR) is 119 cm³/mol. The highest BCUT2D eigenvalue weighted by Gasteiger charge is 2.21. The first-order valence-electron chi connectivity index (χ1n) is 8.78. The summed E-state index contributed by atoms with van der Waals surface area (Å²) in [4.78, 5) is 17.2. The zero-order valence-corrected chi connectivity index (χ0v) is 18.4. The van der Waals surface area contributed by atoms with Gasteiger partial charge in [0, 0.05) is 16.0 Å². The summed E-state index contributed by atoms with van der Waals surface area (Å²) in [5.74, 6) is -0.544. The van der Waals surface area contributed by atoms with Crippen LogP contribution in [-0.2, 0) is 10.0 Å². The van der Waals surface area contributed by atoms with E-state index in [0.717, 1.165) is 5.56 Å². The SMILES string of the molecule is CC(C)S(=O)(=O)Nc1cc(C#N)ccc1C(=O)Nc1nc(-c2ccc(Cl)cc2)cs1. The van der Waals surface area contributed by atoms with Crippen LogP contribution in [0.5, 0.6) is 0 Å². The molecule has 0 unspecified atom stereocenters. The number of rotatable bonds is 6. The largest absolute Gasteiger partial charge is 0.298 e. The van der Waals surface area contributed by atoms with Crippen molar-refractivity contribution < 1.29 is 13.2 Å². The monoisotopic (exact) mass is 460 g/mol. The summed E-state index contributed by atoms with van der Waals surface area (Å²) in [5.41, 5.74) is 1.87. The number of sulfonamides is 1. The molecule has 0 atom stereocenters. The number of nitrogens with zero attached hydrogens (tertiary/aromatic N) is 2. The van der Waals surface area contributed by atoms with E-state index in [2.05, 4.69) is 15.0 Å². The maximum absolute atomic E-state index is 12.8. The molecule has 0 aliphatic carbocycles. The summed E-state index contributed by atoms with van der Waals surface area (Å²) < 4.78 is 26.9. The molecule has 154 valence electrons. The smallest absolute Gasteiger partial charge is 0.259 e. The van der Waals surface area contributed by atoms with Crippen molar-refractivity contribution in [3.8, 4) is 17.3 Å². The zero-order valence-electron chi connectivity index (χ0n) is 16.0. The lowest BCUT2D eigenvalue weighted by Gasteiger charge is -2.14. The molecule has 0 spiro atoms. The number of thiazole rings is 1. The van der Waals surface area contributed by atoms with Gasteiger partial charge in [0.05, 0.1) is 33.8 Å². The number of anilines is 2. The number of hydrogen-bond donors (Lipinski definition) is 2. The number of carbonyl (C=O) groups is 1. The summed E-state index contributed by atoms with van der Waals surface area (Å²) in [5, 5.41) is 13.8. The van der Waals surface area contributed by atoms with Crippen LogP contribution < -0.4 is 10.0 Å². The number of hydrogen-bond acceptors (Lipinski definition) is 6. The molecule has 2 N–H and O–H groups in total. The molecule has 0 saturated heterocycles. The number of benzene rings is 2. The highest BCUT2D eigenvalue weighted by molar-refractivity contribution is 7.93. The summed E-state index contributed by atoms with van der Waals surface area (Å²) in [6, 6.07) is 13.3. The van der Waals surface area contributed by atoms with Crippen LogP contribution in [0.2, 0.25) is 5.02 Å². The van der Waals surface area contributed by atoms with Gasteiger partial charge < -0.3 is 0 Å². The first-order valence-corrected chi connectivity index (χ1v) is 11.6. The van der Waals surface area contributed by atoms with Crippen molar-refractivity contribution >= 4 is 49.7 Å². The third-order valence-corrected chi connectivity index (χ3v) is 6.89. The van der Waals surface area contributed by atoms with Crippen molar-refractivity contribution in [2.24, 2.45) is 0 Å². The second kappa shape index (κ2) is 8.83. The third-order valence-electron chi connectivity index (χ3n) is 4.13. The van der Waals surface area contributed by atoms with Gasteiger partial charge in [0.15, 0.2) is 5.13 Å². The van der Waals surface area contributed by atoms with Crippen LogP contribution >= 0.6 is 22.9 Å². The van der Waals surface area contributed by atoms with Crippen LogP contribution in [0.1, 0.15) is 29.8 Å². The Labute approximate surface area is 183 Å². The van der Waals surface area contributed by atoms with Crippen LogP contribution in [0.4, 0.5) is 10.8 Å². The second-order valence-electron chi connectivity index (χ2n) is 6.57. The molecular formula is C20H17ClN4O3S2. The highest BCUT2D eigenvalue weighted by Crippen LogP contribution is 2.27. The molecule has 30 heavy (non-hydrogen) atoms. The van der Waals surface area contributed by atoms with Gasteiger partial charge in [0.2, 0.25) is 10.0 Å². The van der Waals surface area contributed by atoms with Crippen molar-refractivity contribution in [1.29, 1.82) is 5.26 Å². The van der Waals surface area contributed by atoms with Gasteiger partial charge in [-0.3, -0.25) is 14.8 Å². The first kappa shape index (κ1) is 21.8. The minimum absolute atomic E-state index is 0.0368. The molecule has 7 nitrogen and oxygen atoms in total. The van der Waals surface area contributed by atoms with Gasteiger partial charge >= 0.3 is 0 Å². The molecule has 0 aliphatic heterocycles. The normalized spacial score (nSPS) is 11.2. The molecule has 1 heterocycles. The number of aromatic nitrogens is 1. The third kappa shape index (κ3) is 4.97. The van der Waals surface area contributed by atoms with Gasteiger partial charge in [-0.25, -0.2) is 13.4 Å². The lowest BCUT2D eigenvalue weighted by atomic mass is 10.1. The molecule has 2 aromatic carbocycles. The van der Waals surface area contributed by atoms with E-state index in [4.69, 9.17) is 16.9 Å². The van der Waals surface area contributed by atoms with E-state index in [-0.39, 0.29) is 16.8 Å². The summed E-state index contributed by atoms with van der Waals surface area (Å²) in [6.07, 6.45) is 0. The van der Waals surface area contributed by atoms with Gasteiger partial charge in [-0.2, -0.15) is 5.26 Å². The second-order valence-corrected chi connectivity index (χ2v) is 10.1. The van der Waals surface area contributed by atoms with Gasteiger partial charge in [-0.05, 0) is 44.2 Å². The zero-order chi connectivity index (χ0) is 21.9. The maximum Gasteiger partial charge on any atom is 0.259 e. The fraction of sp³-hybridized carbons (Fsp3) is 0.150. The van der Waals surface area contributed by atoms with E-state index in [1.54, 1.807) is 17.5 Å². The van der Waals surface area contributed by atoms with Crippen LogP contribution in [0.25, 0.3) is 11.3 Å². The Morgan fingerprint density at radius 3 is 2.53 bits per heavy atom. The molecule has 0 bridgehead atoms.